The van der Waals surface area contributed by atoms with E-state index < -0.39 is 0 Å². The Morgan fingerprint density at radius 3 is 2.76 bits per heavy atom. The average molecular weight is 537 g/mol. The first kappa shape index (κ1) is 26.2. The van der Waals surface area contributed by atoms with Crippen LogP contribution >= 0.6 is 11.8 Å². The zero-order valence-electron chi connectivity index (χ0n) is 21.6. The molecule has 1 saturated heterocycles. The molecule has 1 aliphatic heterocycles. The van der Waals surface area contributed by atoms with E-state index in [2.05, 4.69) is 30.9 Å². The van der Waals surface area contributed by atoms with E-state index in [4.69, 9.17) is 4.74 Å². The Balaban J connectivity index is 1.20. The second-order valence-corrected chi connectivity index (χ2v) is 11.2. The number of fused-ring (bicyclic) bond motifs is 1. The number of anilines is 3. The molecular formula is C26H32N8O3S. The van der Waals surface area contributed by atoms with Crippen molar-refractivity contribution in [3.8, 4) is 0 Å². The highest BCUT2D eigenvalue weighted by Crippen LogP contribution is 2.29. The second-order valence-electron chi connectivity index (χ2n) is 10.2. The molecule has 0 aliphatic carbocycles. The number of benzene rings is 1. The van der Waals surface area contributed by atoms with E-state index in [9.17, 15) is 9.90 Å². The van der Waals surface area contributed by atoms with Crippen LogP contribution < -0.4 is 10.6 Å². The van der Waals surface area contributed by atoms with Gasteiger partial charge in [0.25, 0.3) is 0 Å². The number of nitrogens with one attached hydrogen (secondary N) is 3. The molecule has 1 aliphatic rings. The summed E-state index contributed by atoms with van der Waals surface area (Å²) < 4.78 is 7.84. The number of nitrogens with zero attached hydrogens (tertiary/aromatic N) is 5. The van der Waals surface area contributed by atoms with E-state index in [1.54, 1.807) is 10.7 Å². The molecule has 3 aromatic heterocycles. The molecule has 1 amide bonds. The highest BCUT2D eigenvalue weighted by atomic mass is 32.2. The Morgan fingerprint density at radius 1 is 1.24 bits per heavy atom. The second kappa shape index (κ2) is 11.1. The van der Waals surface area contributed by atoms with Gasteiger partial charge in [-0.1, -0.05) is 0 Å². The van der Waals surface area contributed by atoms with Crippen LogP contribution in [-0.2, 0) is 9.53 Å². The summed E-state index contributed by atoms with van der Waals surface area (Å²) in [4.78, 5) is 20.3. The zero-order valence-corrected chi connectivity index (χ0v) is 22.4. The third-order valence-corrected chi connectivity index (χ3v) is 6.90. The van der Waals surface area contributed by atoms with Crippen molar-refractivity contribution < 1.29 is 14.6 Å². The molecule has 200 valence electrons. The van der Waals surface area contributed by atoms with Gasteiger partial charge in [0.2, 0.25) is 11.1 Å². The van der Waals surface area contributed by atoms with Crippen molar-refractivity contribution in [3.05, 3.63) is 54.9 Å². The first-order chi connectivity index (χ1) is 18.3. The minimum atomic E-state index is -0.265. The van der Waals surface area contributed by atoms with E-state index in [0.717, 1.165) is 16.2 Å². The van der Waals surface area contributed by atoms with Gasteiger partial charge in [-0.25, -0.2) is 9.50 Å². The number of aliphatic hydroxyl groups excluding tert-OH is 1. The number of aromatic nitrogens is 5. The molecule has 0 saturated carbocycles. The number of carbonyl (C=O) groups excluding carboxylic acids is 1. The monoisotopic (exact) mass is 536 g/mol. The number of aliphatic hydroxyl groups is 1. The quantitative estimate of drug-likeness (QED) is 0.254. The molecular weight excluding hydrogens is 504 g/mol. The maximum Gasteiger partial charge on any atom is 0.238 e. The Hall–Kier alpha value is -3.45. The zero-order chi connectivity index (χ0) is 26.7. The van der Waals surface area contributed by atoms with Gasteiger partial charge in [-0.3, -0.25) is 14.8 Å². The summed E-state index contributed by atoms with van der Waals surface area (Å²) in [6.45, 7) is 6.86. The number of carbonyl (C=O) groups is 1. The van der Waals surface area contributed by atoms with Crippen LogP contribution in [0.1, 0.15) is 27.2 Å². The predicted octanol–water partition coefficient (Wildman–Crippen LogP) is 3.54. The predicted molar refractivity (Wildman–Crippen MR) is 146 cm³/mol. The average Bonchev–Trinajstić information content (AvgIpc) is 3.61. The van der Waals surface area contributed by atoms with Gasteiger partial charge in [0.05, 0.1) is 31.1 Å². The first-order valence-electron chi connectivity index (χ1n) is 12.5. The van der Waals surface area contributed by atoms with Crippen molar-refractivity contribution in [1.82, 2.24) is 29.7 Å². The molecule has 11 nitrogen and oxygen atoms in total. The number of likely N-dealkylation sites (tertiary alicyclic amines) is 1. The molecule has 4 N–H and O–H groups in total. The van der Waals surface area contributed by atoms with Crippen molar-refractivity contribution in [3.63, 3.8) is 0 Å². The number of hydrogen-bond acceptors (Lipinski definition) is 9. The number of hydrogen-bond donors (Lipinski definition) is 4. The Labute approximate surface area is 225 Å². The SMILES string of the molecule is CC(C)(C)O[C@@H]1C[C@@H](CO)N(CC(=O)Nc2ccc(Sc3nc(Nc4ccn[nH]4)c4cccn4n3)cc2)C1. The van der Waals surface area contributed by atoms with Gasteiger partial charge < -0.3 is 20.5 Å². The normalized spacial score (nSPS) is 18.2. The Morgan fingerprint density at radius 2 is 2.05 bits per heavy atom. The lowest BCUT2D eigenvalue weighted by molar-refractivity contribution is -0.117. The molecule has 4 heterocycles. The van der Waals surface area contributed by atoms with Gasteiger partial charge in [-0.15, -0.1) is 5.10 Å². The third kappa shape index (κ3) is 6.51. The van der Waals surface area contributed by atoms with Crippen molar-refractivity contribution in [2.75, 3.05) is 30.3 Å². The van der Waals surface area contributed by atoms with E-state index in [0.29, 0.717) is 29.6 Å². The fraction of sp³-hybridized carbons (Fsp3) is 0.385. The summed E-state index contributed by atoms with van der Waals surface area (Å²) in [7, 11) is 0. The summed E-state index contributed by atoms with van der Waals surface area (Å²) in [6.07, 6.45) is 4.25. The van der Waals surface area contributed by atoms with Crippen LogP contribution in [-0.4, -0.2) is 78.2 Å². The number of amides is 1. The largest absolute Gasteiger partial charge is 0.395 e. The Kier molecular flexibility index (Phi) is 7.65. The van der Waals surface area contributed by atoms with Crippen LogP contribution in [0, 0.1) is 0 Å². The van der Waals surface area contributed by atoms with Gasteiger partial charge in [0.15, 0.2) is 5.82 Å². The molecule has 0 spiro atoms. The molecule has 38 heavy (non-hydrogen) atoms. The van der Waals surface area contributed by atoms with E-state index in [1.807, 2.05) is 74.3 Å². The van der Waals surface area contributed by atoms with Crippen LogP contribution in [0.3, 0.4) is 0 Å². The fourth-order valence-electron chi connectivity index (χ4n) is 4.51. The first-order valence-corrected chi connectivity index (χ1v) is 13.3. The number of aromatic amines is 1. The molecule has 0 bridgehead atoms. The highest BCUT2D eigenvalue weighted by Gasteiger charge is 2.35. The van der Waals surface area contributed by atoms with Crippen molar-refractivity contribution in [2.45, 2.75) is 55.0 Å². The molecule has 1 fully saturated rings. The van der Waals surface area contributed by atoms with Gasteiger partial charge in [0.1, 0.15) is 11.3 Å². The minimum Gasteiger partial charge on any atom is -0.395 e. The Bertz CT molecular complexity index is 1370. The smallest absolute Gasteiger partial charge is 0.238 e. The van der Waals surface area contributed by atoms with Crippen molar-refractivity contribution in [1.29, 1.82) is 0 Å². The molecule has 4 aromatic rings. The summed E-state index contributed by atoms with van der Waals surface area (Å²) in [5.41, 5.74) is 1.28. The summed E-state index contributed by atoms with van der Waals surface area (Å²) in [5, 5.41) is 28.0. The maximum absolute atomic E-state index is 12.7. The molecule has 0 unspecified atom stereocenters. The maximum atomic E-state index is 12.7. The van der Waals surface area contributed by atoms with Gasteiger partial charge >= 0.3 is 0 Å². The van der Waals surface area contributed by atoms with Crippen LogP contribution in [0.4, 0.5) is 17.3 Å². The molecule has 0 radical (unpaired) electrons. The molecule has 1 aromatic carbocycles. The van der Waals surface area contributed by atoms with Gasteiger partial charge in [-0.05, 0) is 75.4 Å². The van der Waals surface area contributed by atoms with Crippen LogP contribution in [0.5, 0.6) is 0 Å². The lowest BCUT2D eigenvalue weighted by atomic mass is 10.1. The van der Waals surface area contributed by atoms with Crippen molar-refractivity contribution in [2.24, 2.45) is 0 Å². The fourth-order valence-corrected chi connectivity index (χ4v) is 5.25. The summed E-state index contributed by atoms with van der Waals surface area (Å²) in [6, 6.07) is 13.2. The summed E-state index contributed by atoms with van der Waals surface area (Å²) >= 11 is 1.42. The lowest BCUT2D eigenvalue weighted by Gasteiger charge is -2.25. The minimum absolute atomic E-state index is 0.000518. The van der Waals surface area contributed by atoms with E-state index >= 15 is 0 Å². The lowest BCUT2D eigenvalue weighted by Crippen LogP contribution is -2.39. The van der Waals surface area contributed by atoms with Crippen LogP contribution in [0.15, 0.2) is 64.9 Å². The molecule has 5 rings (SSSR count). The van der Waals surface area contributed by atoms with Crippen LogP contribution in [0.2, 0.25) is 0 Å². The number of ether oxygens (including phenoxy) is 1. The highest BCUT2D eigenvalue weighted by molar-refractivity contribution is 7.99. The summed E-state index contributed by atoms with van der Waals surface area (Å²) in [5.74, 6) is 1.27. The third-order valence-electron chi connectivity index (χ3n) is 6.04. The number of rotatable bonds is 9. The van der Waals surface area contributed by atoms with Gasteiger partial charge in [0, 0.05) is 35.4 Å². The molecule has 12 heteroatoms. The van der Waals surface area contributed by atoms with E-state index in [1.165, 1.54) is 11.8 Å². The standard InChI is InChI=1S/C26H32N8O3S/c1-26(2,3)37-19-13-18(16-35)33(14-19)15-23(36)28-17-6-8-20(9-7-17)38-25-30-24(29-22-10-11-27-31-22)21-5-4-12-34(21)32-25/h4-12,18-19,35H,13-16H2,1-3H3,(H,28,36)(H2,27,29,30,31,32)/t18-,19+/m0/s1. The van der Waals surface area contributed by atoms with Crippen molar-refractivity contribution >= 4 is 40.5 Å². The van der Waals surface area contributed by atoms with E-state index in [-0.39, 0.29) is 36.8 Å². The number of H-pyrrole nitrogens is 1. The topological polar surface area (TPSA) is 133 Å². The van der Waals surface area contributed by atoms with Crippen LogP contribution in [0.25, 0.3) is 5.52 Å². The molecule has 2 atom stereocenters. The van der Waals surface area contributed by atoms with Gasteiger partial charge in [-0.2, -0.15) is 5.10 Å².